The van der Waals surface area contributed by atoms with Gasteiger partial charge >= 0.3 is 5.97 Å². The Morgan fingerprint density at radius 1 is 0.842 bits per heavy atom. The molecule has 1 N–H and O–H groups in total. The van der Waals surface area contributed by atoms with Crippen molar-refractivity contribution < 1.29 is 14.7 Å². The Kier molecular flexibility index (Phi) is 13.5. The Labute approximate surface area is 121 Å². The van der Waals surface area contributed by atoms with Crippen molar-refractivity contribution in [1.82, 2.24) is 0 Å². The van der Waals surface area contributed by atoms with Crippen LogP contribution in [-0.4, -0.2) is 21.9 Å². The number of unbranched alkanes of at least 4 members (excludes halogenated alkanes) is 9. The van der Waals surface area contributed by atoms with Crippen LogP contribution in [0.2, 0.25) is 0 Å². The monoisotopic (exact) mass is 288 g/mol. The van der Waals surface area contributed by atoms with E-state index in [4.69, 9.17) is 5.11 Å². The number of carbonyl (C=O) groups excluding carboxylic acids is 1. The normalized spacial score (nSPS) is 10.6. The maximum absolute atomic E-state index is 11.1. The standard InChI is InChI=1S/C15H28O3S/c1-2-3-4-5-6-7-8-9-10-11-12-19-15(18)13-14(16)17/h2-13H2,1H3,(H,16,17). The van der Waals surface area contributed by atoms with E-state index in [0.29, 0.717) is 0 Å². The SMILES string of the molecule is CCCCCCCCCCCCSC(=O)CC(=O)O. The van der Waals surface area contributed by atoms with Crippen molar-refractivity contribution in [3.05, 3.63) is 0 Å². The number of aliphatic carboxylic acids is 1. The summed E-state index contributed by atoms with van der Waals surface area (Å²) in [6.45, 7) is 2.24. The summed E-state index contributed by atoms with van der Waals surface area (Å²) >= 11 is 1.16. The van der Waals surface area contributed by atoms with Crippen LogP contribution in [0.25, 0.3) is 0 Å². The van der Waals surface area contributed by atoms with Crippen LogP contribution in [0.4, 0.5) is 0 Å². The number of carbonyl (C=O) groups is 2. The summed E-state index contributed by atoms with van der Waals surface area (Å²) in [5.74, 6) is -0.261. The van der Waals surface area contributed by atoms with Crippen molar-refractivity contribution in [2.75, 3.05) is 5.75 Å². The van der Waals surface area contributed by atoms with Gasteiger partial charge < -0.3 is 5.11 Å². The molecule has 0 unspecified atom stereocenters. The first kappa shape index (κ1) is 18.5. The molecule has 0 saturated heterocycles. The molecule has 0 aliphatic rings. The second-order valence-electron chi connectivity index (χ2n) is 4.97. The Morgan fingerprint density at radius 2 is 1.32 bits per heavy atom. The lowest BCUT2D eigenvalue weighted by molar-refractivity contribution is -0.138. The van der Waals surface area contributed by atoms with Crippen LogP contribution in [-0.2, 0) is 9.59 Å². The molecule has 0 bridgehead atoms. The smallest absolute Gasteiger partial charge is 0.311 e. The average molecular weight is 288 g/mol. The summed E-state index contributed by atoms with van der Waals surface area (Å²) in [4.78, 5) is 21.4. The predicted molar refractivity (Wildman–Crippen MR) is 81.6 cm³/mol. The molecule has 0 saturated carbocycles. The van der Waals surface area contributed by atoms with E-state index in [9.17, 15) is 9.59 Å². The van der Waals surface area contributed by atoms with Gasteiger partial charge in [-0.3, -0.25) is 9.59 Å². The Balaban J connectivity index is 3.10. The summed E-state index contributed by atoms with van der Waals surface area (Å²) in [5, 5.41) is 8.21. The molecule has 0 aromatic heterocycles. The summed E-state index contributed by atoms with van der Waals surface area (Å²) in [7, 11) is 0. The molecule has 0 aliphatic heterocycles. The molecule has 112 valence electrons. The number of rotatable bonds is 13. The summed E-state index contributed by atoms with van der Waals surface area (Å²) in [6.07, 6.45) is 12.4. The van der Waals surface area contributed by atoms with Gasteiger partial charge in [0.2, 0.25) is 0 Å². The van der Waals surface area contributed by atoms with E-state index in [0.717, 1.165) is 30.4 Å². The van der Waals surface area contributed by atoms with E-state index in [-0.39, 0.29) is 11.5 Å². The van der Waals surface area contributed by atoms with Gasteiger partial charge in [-0.05, 0) is 6.42 Å². The van der Waals surface area contributed by atoms with Crippen molar-refractivity contribution in [3.63, 3.8) is 0 Å². The van der Waals surface area contributed by atoms with Crippen LogP contribution in [0.15, 0.2) is 0 Å². The van der Waals surface area contributed by atoms with Gasteiger partial charge in [0.25, 0.3) is 0 Å². The molecule has 0 aromatic carbocycles. The third-order valence-corrected chi connectivity index (χ3v) is 4.02. The minimum atomic E-state index is -1.03. The molecule has 0 heterocycles. The third kappa shape index (κ3) is 15.4. The molecule has 0 aromatic rings. The minimum Gasteiger partial charge on any atom is -0.481 e. The van der Waals surface area contributed by atoms with E-state index in [1.54, 1.807) is 0 Å². The Hall–Kier alpha value is -0.510. The highest BCUT2D eigenvalue weighted by molar-refractivity contribution is 8.13. The van der Waals surface area contributed by atoms with Crippen molar-refractivity contribution in [2.45, 2.75) is 77.6 Å². The molecule has 0 fully saturated rings. The lowest BCUT2D eigenvalue weighted by atomic mass is 10.1. The van der Waals surface area contributed by atoms with Gasteiger partial charge in [0.05, 0.1) is 0 Å². The molecule has 0 spiro atoms. The largest absolute Gasteiger partial charge is 0.481 e. The minimum absolute atomic E-state index is 0.219. The van der Waals surface area contributed by atoms with Crippen LogP contribution >= 0.6 is 11.8 Å². The zero-order valence-corrected chi connectivity index (χ0v) is 13.0. The molecule has 0 amide bonds. The van der Waals surface area contributed by atoms with Crippen LogP contribution in [0.5, 0.6) is 0 Å². The van der Waals surface area contributed by atoms with Crippen LogP contribution in [0.3, 0.4) is 0 Å². The van der Waals surface area contributed by atoms with Gasteiger partial charge in [0.15, 0.2) is 5.12 Å². The van der Waals surface area contributed by atoms with Crippen LogP contribution in [0, 0.1) is 0 Å². The summed E-state index contributed by atoms with van der Waals surface area (Å²) < 4.78 is 0. The van der Waals surface area contributed by atoms with E-state index in [1.165, 1.54) is 51.4 Å². The number of hydrogen-bond donors (Lipinski definition) is 1. The number of carboxylic acids is 1. The molecular formula is C15H28O3S. The zero-order chi connectivity index (χ0) is 14.3. The second-order valence-corrected chi connectivity index (χ2v) is 6.13. The first-order chi connectivity index (χ1) is 9.16. The average Bonchev–Trinajstić information content (AvgIpc) is 2.35. The van der Waals surface area contributed by atoms with Crippen molar-refractivity contribution in [2.24, 2.45) is 0 Å². The molecular weight excluding hydrogens is 260 g/mol. The molecule has 0 rings (SSSR count). The van der Waals surface area contributed by atoms with E-state index < -0.39 is 5.97 Å². The summed E-state index contributed by atoms with van der Waals surface area (Å²) in [5.41, 5.74) is 0. The van der Waals surface area contributed by atoms with E-state index in [1.807, 2.05) is 0 Å². The highest BCUT2D eigenvalue weighted by atomic mass is 32.2. The Morgan fingerprint density at radius 3 is 1.79 bits per heavy atom. The lowest BCUT2D eigenvalue weighted by Gasteiger charge is -2.02. The highest BCUT2D eigenvalue weighted by Crippen LogP contribution is 2.13. The van der Waals surface area contributed by atoms with Gasteiger partial charge in [0.1, 0.15) is 6.42 Å². The van der Waals surface area contributed by atoms with Gasteiger partial charge in [-0.1, -0.05) is 76.5 Å². The van der Waals surface area contributed by atoms with Crippen LogP contribution < -0.4 is 0 Å². The number of thioether (sulfide) groups is 1. The first-order valence-corrected chi connectivity index (χ1v) is 8.52. The van der Waals surface area contributed by atoms with Gasteiger partial charge in [-0.15, -0.1) is 0 Å². The number of carboxylic acid groups (broad SMARTS) is 1. The Bertz CT molecular complexity index is 242. The first-order valence-electron chi connectivity index (χ1n) is 7.54. The van der Waals surface area contributed by atoms with E-state index >= 15 is 0 Å². The molecule has 0 atom stereocenters. The molecule has 19 heavy (non-hydrogen) atoms. The maximum Gasteiger partial charge on any atom is 0.311 e. The molecule has 4 heteroatoms. The lowest BCUT2D eigenvalue weighted by Crippen LogP contribution is -2.03. The van der Waals surface area contributed by atoms with Gasteiger partial charge in [-0.2, -0.15) is 0 Å². The van der Waals surface area contributed by atoms with Crippen molar-refractivity contribution in [1.29, 1.82) is 0 Å². The fraction of sp³-hybridized carbons (Fsp3) is 0.867. The fourth-order valence-electron chi connectivity index (χ4n) is 1.95. The second kappa shape index (κ2) is 13.9. The fourth-order valence-corrected chi connectivity index (χ4v) is 2.75. The summed E-state index contributed by atoms with van der Waals surface area (Å²) in [6, 6.07) is 0. The van der Waals surface area contributed by atoms with Crippen molar-refractivity contribution in [3.8, 4) is 0 Å². The van der Waals surface area contributed by atoms with Gasteiger partial charge in [-0.25, -0.2) is 0 Å². The number of hydrogen-bond acceptors (Lipinski definition) is 3. The quantitative estimate of drug-likeness (QED) is 0.396. The molecule has 3 nitrogen and oxygen atoms in total. The maximum atomic E-state index is 11.1. The third-order valence-electron chi connectivity index (χ3n) is 3.06. The van der Waals surface area contributed by atoms with Crippen LogP contribution in [0.1, 0.15) is 77.6 Å². The highest BCUT2D eigenvalue weighted by Gasteiger charge is 2.07. The molecule has 0 radical (unpaired) electrons. The van der Waals surface area contributed by atoms with Crippen molar-refractivity contribution >= 4 is 22.8 Å². The molecule has 0 aliphatic carbocycles. The van der Waals surface area contributed by atoms with E-state index in [2.05, 4.69) is 6.92 Å². The van der Waals surface area contributed by atoms with Gasteiger partial charge in [0, 0.05) is 5.75 Å². The predicted octanol–water partition coefficient (Wildman–Crippen LogP) is 4.64. The topological polar surface area (TPSA) is 54.4 Å². The zero-order valence-electron chi connectivity index (χ0n) is 12.2.